The summed E-state index contributed by atoms with van der Waals surface area (Å²) in [4.78, 5) is 3.58. The van der Waals surface area contributed by atoms with Crippen molar-refractivity contribution in [1.29, 1.82) is 5.26 Å². The third-order valence-corrected chi connectivity index (χ3v) is 3.84. The number of halogens is 3. The first kappa shape index (κ1) is 15.6. The molecule has 0 radical (unpaired) electrons. The van der Waals surface area contributed by atoms with Crippen molar-refractivity contribution >= 4 is 5.82 Å². The van der Waals surface area contributed by atoms with Crippen LogP contribution in [0.15, 0.2) is 12.1 Å². The highest BCUT2D eigenvalue weighted by Gasteiger charge is 2.33. The number of alkyl halides is 3. The molecule has 114 valence electrons. The van der Waals surface area contributed by atoms with Crippen LogP contribution in [-0.4, -0.2) is 17.6 Å². The number of nitrogens with zero attached hydrogens (tertiary/aromatic N) is 2. The largest absolute Gasteiger partial charge is 0.433 e. The van der Waals surface area contributed by atoms with Gasteiger partial charge >= 0.3 is 6.18 Å². The second kappa shape index (κ2) is 6.31. The highest BCUT2D eigenvalue weighted by molar-refractivity contribution is 5.53. The van der Waals surface area contributed by atoms with Gasteiger partial charge < -0.3 is 11.1 Å². The summed E-state index contributed by atoms with van der Waals surface area (Å²) < 4.78 is 38.2. The van der Waals surface area contributed by atoms with Gasteiger partial charge in [-0.3, -0.25) is 0 Å². The third kappa shape index (κ3) is 3.64. The van der Waals surface area contributed by atoms with E-state index in [4.69, 9.17) is 11.0 Å². The zero-order chi connectivity index (χ0) is 15.5. The summed E-state index contributed by atoms with van der Waals surface area (Å²) >= 11 is 0. The van der Waals surface area contributed by atoms with Crippen LogP contribution in [0.3, 0.4) is 0 Å². The molecule has 1 aromatic heterocycles. The average Bonchev–Trinajstić information content (AvgIpc) is 2.47. The van der Waals surface area contributed by atoms with Crippen molar-refractivity contribution in [2.24, 2.45) is 11.7 Å². The summed E-state index contributed by atoms with van der Waals surface area (Å²) in [5, 5.41) is 12.0. The van der Waals surface area contributed by atoms with Gasteiger partial charge in [-0.2, -0.15) is 18.4 Å². The van der Waals surface area contributed by atoms with E-state index < -0.39 is 11.9 Å². The minimum Gasteiger partial charge on any atom is -0.366 e. The van der Waals surface area contributed by atoms with Crippen molar-refractivity contribution in [3.63, 3.8) is 0 Å². The molecule has 0 bridgehead atoms. The number of aromatic nitrogens is 1. The van der Waals surface area contributed by atoms with Gasteiger partial charge in [-0.25, -0.2) is 4.98 Å². The van der Waals surface area contributed by atoms with E-state index in [0.717, 1.165) is 37.8 Å². The molecule has 4 nitrogen and oxygen atoms in total. The summed E-state index contributed by atoms with van der Waals surface area (Å²) in [6.45, 7) is 0.471. The monoisotopic (exact) mass is 298 g/mol. The van der Waals surface area contributed by atoms with Gasteiger partial charge in [0.05, 0.1) is 5.56 Å². The number of hydrogen-bond acceptors (Lipinski definition) is 4. The van der Waals surface area contributed by atoms with Crippen molar-refractivity contribution in [3.8, 4) is 6.07 Å². The first-order valence-electron chi connectivity index (χ1n) is 6.90. The third-order valence-electron chi connectivity index (χ3n) is 3.84. The smallest absolute Gasteiger partial charge is 0.366 e. The fourth-order valence-electron chi connectivity index (χ4n) is 2.67. The lowest BCUT2D eigenvalue weighted by Gasteiger charge is -2.32. The van der Waals surface area contributed by atoms with Gasteiger partial charge in [0.25, 0.3) is 0 Å². The zero-order valence-corrected chi connectivity index (χ0v) is 11.5. The number of hydrogen-bond donors (Lipinski definition) is 2. The minimum absolute atomic E-state index is 0.00215. The maximum Gasteiger partial charge on any atom is 0.433 e. The molecule has 1 aliphatic rings. The lowest BCUT2D eigenvalue weighted by atomic mass is 9.84. The van der Waals surface area contributed by atoms with Crippen LogP contribution in [-0.2, 0) is 6.18 Å². The standard InChI is InChI=1S/C14H17F3N4/c15-14(16,17)12-6-5-10(8-19)13(21-12)20-11-4-2-1-3-9(11)7-18/h5-6,9,11H,1-4,7,18H2,(H,20,21). The van der Waals surface area contributed by atoms with Crippen molar-refractivity contribution in [2.75, 3.05) is 11.9 Å². The molecule has 3 N–H and O–H groups in total. The number of nitrogens with one attached hydrogen (secondary N) is 1. The summed E-state index contributed by atoms with van der Waals surface area (Å²) in [7, 11) is 0. The number of nitrogens with two attached hydrogens (primary N) is 1. The topological polar surface area (TPSA) is 74.7 Å². The van der Waals surface area contributed by atoms with Gasteiger partial charge in [-0.15, -0.1) is 0 Å². The molecule has 1 saturated carbocycles. The lowest BCUT2D eigenvalue weighted by molar-refractivity contribution is -0.141. The Hall–Kier alpha value is -1.81. The van der Waals surface area contributed by atoms with Crippen molar-refractivity contribution in [1.82, 2.24) is 4.98 Å². The molecule has 21 heavy (non-hydrogen) atoms. The molecule has 1 aliphatic carbocycles. The molecule has 2 atom stereocenters. The maximum absolute atomic E-state index is 12.7. The van der Waals surface area contributed by atoms with Gasteiger partial charge in [0.1, 0.15) is 17.6 Å². The van der Waals surface area contributed by atoms with Gasteiger partial charge in [0.2, 0.25) is 0 Å². The molecule has 7 heteroatoms. The molecule has 0 saturated heterocycles. The molecule has 1 fully saturated rings. The molecule has 0 aromatic carbocycles. The normalized spacial score (nSPS) is 22.6. The quantitative estimate of drug-likeness (QED) is 0.899. The highest BCUT2D eigenvalue weighted by Crippen LogP contribution is 2.31. The predicted octanol–water partition coefficient (Wildman–Crippen LogP) is 2.90. The summed E-state index contributed by atoms with van der Waals surface area (Å²) in [6.07, 6.45) is -0.694. The lowest BCUT2D eigenvalue weighted by Crippen LogP contribution is -2.37. The van der Waals surface area contributed by atoms with Crippen LogP contribution in [0.1, 0.15) is 36.9 Å². The molecule has 1 heterocycles. The van der Waals surface area contributed by atoms with Gasteiger partial charge in [0.15, 0.2) is 0 Å². The van der Waals surface area contributed by atoms with Gasteiger partial charge in [-0.05, 0) is 37.4 Å². The van der Waals surface area contributed by atoms with E-state index in [-0.39, 0.29) is 23.3 Å². The first-order valence-corrected chi connectivity index (χ1v) is 6.90. The van der Waals surface area contributed by atoms with Crippen LogP contribution in [0.2, 0.25) is 0 Å². The Kier molecular flexibility index (Phi) is 4.68. The zero-order valence-electron chi connectivity index (χ0n) is 11.5. The molecule has 0 aliphatic heterocycles. The molecule has 2 rings (SSSR count). The van der Waals surface area contributed by atoms with E-state index in [9.17, 15) is 13.2 Å². The number of pyridine rings is 1. The minimum atomic E-state index is -4.52. The Balaban J connectivity index is 2.27. The van der Waals surface area contributed by atoms with E-state index in [1.807, 2.05) is 6.07 Å². The summed E-state index contributed by atoms with van der Waals surface area (Å²) in [5.41, 5.74) is 4.83. The van der Waals surface area contributed by atoms with Crippen LogP contribution in [0.4, 0.5) is 19.0 Å². The van der Waals surface area contributed by atoms with E-state index in [2.05, 4.69) is 10.3 Å². The molecular weight excluding hydrogens is 281 g/mol. The van der Waals surface area contributed by atoms with Crippen LogP contribution in [0.25, 0.3) is 0 Å². The predicted molar refractivity (Wildman–Crippen MR) is 72.4 cm³/mol. The Bertz CT molecular complexity index is 536. The van der Waals surface area contributed by atoms with Gasteiger partial charge in [-0.1, -0.05) is 12.8 Å². The van der Waals surface area contributed by atoms with Gasteiger partial charge in [0, 0.05) is 6.04 Å². The van der Waals surface area contributed by atoms with E-state index >= 15 is 0 Å². The number of nitriles is 1. The Morgan fingerprint density at radius 2 is 2.05 bits per heavy atom. The fraction of sp³-hybridized carbons (Fsp3) is 0.571. The Labute approximate surface area is 121 Å². The molecule has 2 unspecified atom stereocenters. The maximum atomic E-state index is 12.7. The van der Waals surface area contributed by atoms with Crippen LogP contribution in [0.5, 0.6) is 0 Å². The molecular formula is C14H17F3N4. The molecule has 1 aromatic rings. The number of rotatable bonds is 3. The van der Waals surface area contributed by atoms with Crippen LogP contribution < -0.4 is 11.1 Å². The van der Waals surface area contributed by atoms with Crippen molar-refractivity contribution in [3.05, 3.63) is 23.4 Å². The molecule has 0 amide bonds. The van der Waals surface area contributed by atoms with E-state index in [1.165, 1.54) is 0 Å². The van der Waals surface area contributed by atoms with Crippen LogP contribution >= 0.6 is 0 Å². The van der Waals surface area contributed by atoms with E-state index in [0.29, 0.717) is 6.54 Å². The van der Waals surface area contributed by atoms with Crippen molar-refractivity contribution in [2.45, 2.75) is 37.9 Å². The Morgan fingerprint density at radius 1 is 1.33 bits per heavy atom. The SMILES string of the molecule is N#Cc1ccc(C(F)(F)F)nc1NC1CCCCC1CN. The van der Waals surface area contributed by atoms with E-state index in [1.54, 1.807) is 0 Å². The average molecular weight is 298 g/mol. The number of anilines is 1. The molecule has 0 spiro atoms. The summed E-state index contributed by atoms with van der Waals surface area (Å²) in [5.74, 6) is 0.194. The summed E-state index contributed by atoms with van der Waals surface area (Å²) in [6, 6.07) is 3.81. The highest BCUT2D eigenvalue weighted by atomic mass is 19.4. The second-order valence-corrected chi connectivity index (χ2v) is 5.23. The second-order valence-electron chi connectivity index (χ2n) is 5.23. The fourth-order valence-corrected chi connectivity index (χ4v) is 2.67. The first-order chi connectivity index (χ1) is 9.95. The Morgan fingerprint density at radius 3 is 2.67 bits per heavy atom. The van der Waals surface area contributed by atoms with Crippen molar-refractivity contribution < 1.29 is 13.2 Å². The van der Waals surface area contributed by atoms with Crippen LogP contribution in [0, 0.1) is 17.2 Å².